The van der Waals surface area contributed by atoms with Crippen LogP contribution in [0.3, 0.4) is 0 Å². The molecule has 1 aliphatic heterocycles. The van der Waals surface area contributed by atoms with Gasteiger partial charge in [0, 0.05) is 18.8 Å². The second kappa shape index (κ2) is 4.91. The monoisotopic (exact) mass is 248 g/mol. The van der Waals surface area contributed by atoms with E-state index in [9.17, 15) is 0 Å². The molecular weight excluding hydrogens is 232 g/mol. The van der Waals surface area contributed by atoms with E-state index in [0.29, 0.717) is 24.4 Å². The molecule has 2 aromatic rings. The van der Waals surface area contributed by atoms with Crippen LogP contribution in [0.15, 0.2) is 22.9 Å². The number of hydrogen-bond acceptors (Lipinski definition) is 5. The van der Waals surface area contributed by atoms with Crippen LogP contribution in [0.2, 0.25) is 0 Å². The lowest BCUT2D eigenvalue weighted by Gasteiger charge is -2.28. The number of H-pyrrole nitrogens is 1. The summed E-state index contributed by atoms with van der Waals surface area (Å²) < 4.78 is 10.9. The predicted octanol–water partition coefficient (Wildman–Crippen LogP) is 1.16. The number of nitrogens with zero attached hydrogens (tertiary/aromatic N) is 2. The van der Waals surface area contributed by atoms with Crippen molar-refractivity contribution in [3.8, 4) is 11.5 Å². The average molecular weight is 248 g/mol. The SMILES string of the molecule is CNC1CCOCC1c1nc(-c2ccc[nH]2)no1. The second-order valence-electron chi connectivity index (χ2n) is 4.41. The van der Waals surface area contributed by atoms with Crippen molar-refractivity contribution in [2.45, 2.75) is 18.4 Å². The zero-order valence-electron chi connectivity index (χ0n) is 10.2. The number of hydrogen-bond donors (Lipinski definition) is 2. The fraction of sp³-hybridized carbons (Fsp3) is 0.500. The number of likely N-dealkylation sites (N-methyl/N-ethyl adjacent to an activating group) is 1. The van der Waals surface area contributed by atoms with E-state index < -0.39 is 0 Å². The van der Waals surface area contributed by atoms with Crippen LogP contribution >= 0.6 is 0 Å². The van der Waals surface area contributed by atoms with Crippen molar-refractivity contribution < 1.29 is 9.26 Å². The van der Waals surface area contributed by atoms with E-state index in [1.807, 2.05) is 25.4 Å². The Kier molecular flexibility index (Phi) is 3.12. The highest BCUT2D eigenvalue weighted by Gasteiger charge is 2.30. The van der Waals surface area contributed by atoms with Crippen LogP contribution < -0.4 is 5.32 Å². The first-order valence-corrected chi connectivity index (χ1v) is 6.11. The third kappa shape index (κ3) is 2.04. The van der Waals surface area contributed by atoms with Crippen molar-refractivity contribution in [3.05, 3.63) is 24.2 Å². The maximum atomic E-state index is 5.49. The first-order chi connectivity index (χ1) is 8.88. The van der Waals surface area contributed by atoms with Gasteiger partial charge >= 0.3 is 0 Å². The predicted molar refractivity (Wildman–Crippen MR) is 65.1 cm³/mol. The molecule has 0 aliphatic carbocycles. The van der Waals surface area contributed by atoms with Gasteiger partial charge in [-0.05, 0) is 25.6 Å². The molecule has 2 aromatic heterocycles. The molecule has 0 bridgehead atoms. The summed E-state index contributed by atoms with van der Waals surface area (Å²) in [6.07, 6.45) is 2.80. The Bertz CT molecular complexity index is 494. The largest absolute Gasteiger partial charge is 0.381 e. The molecule has 1 aliphatic rings. The number of aromatic nitrogens is 3. The minimum absolute atomic E-state index is 0.125. The topological polar surface area (TPSA) is 76.0 Å². The molecule has 96 valence electrons. The van der Waals surface area contributed by atoms with Crippen LogP contribution in [0.1, 0.15) is 18.2 Å². The van der Waals surface area contributed by atoms with E-state index in [1.165, 1.54) is 0 Å². The van der Waals surface area contributed by atoms with E-state index >= 15 is 0 Å². The molecular formula is C12H16N4O2. The van der Waals surface area contributed by atoms with E-state index in [0.717, 1.165) is 18.7 Å². The van der Waals surface area contributed by atoms with Gasteiger partial charge in [-0.25, -0.2) is 0 Å². The number of ether oxygens (including phenoxy) is 1. The Balaban J connectivity index is 1.84. The molecule has 6 heteroatoms. The molecule has 18 heavy (non-hydrogen) atoms. The summed E-state index contributed by atoms with van der Waals surface area (Å²) >= 11 is 0. The molecule has 2 atom stereocenters. The molecule has 0 saturated carbocycles. The van der Waals surface area contributed by atoms with Gasteiger partial charge in [0.15, 0.2) is 0 Å². The molecule has 1 saturated heterocycles. The standard InChI is InChI=1S/C12H16N4O2/c1-13-9-4-6-17-7-8(9)12-15-11(16-18-12)10-3-2-5-14-10/h2-3,5,8-9,13-14H,4,6-7H2,1H3. The van der Waals surface area contributed by atoms with Crippen LogP contribution in [0.25, 0.3) is 11.5 Å². The van der Waals surface area contributed by atoms with Gasteiger partial charge in [0.05, 0.1) is 18.2 Å². The van der Waals surface area contributed by atoms with Gasteiger partial charge < -0.3 is 19.6 Å². The molecule has 6 nitrogen and oxygen atoms in total. The molecule has 3 heterocycles. The summed E-state index contributed by atoms with van der Waals surface area (Å²) in [4.78, 5) is 7.51. The first-order valence-electron chi connectivity index (χ1n) is 6.11. The maximum absolute atomic E-state index is 5.49. The number of nitrogens with one attached hydrogen (secondary N) is 2. The van der Waals surface area contributed by atoms with Gasteiger partial charge in [0.1, 0.15) is 0 Å². The van der Waals surface area contributed by atoms with E-state index in [2.05, 4.69) is 20.4 Å². The number of rotatable bonds is 3. The number of aromatic amines is 1. The summed E-state index contributed by atoms with van der Waals surface area (Å²) in [6.45, 7) is 1.40. The minimum atomic E-state index is 0.125. The van der Waals surface area contributed by atoms with Gasteiger partial charge in [0.25, 0.3) is 0 Å². The molecule has 2 N–H and O–H groups in total. The summed E-state index contributed by atoms with van der Waals surface area (Å²) in [5, 5.41) is 7.28. The van der Waals surface area contributed by atoms with Crippen molar-refractivity contribution in [1.82, 2.24) is 20.4 Å². The lowest BCUT2D eigenvalue weighted by molar-refractivity contribution is 0.0516. The Morgan fingerprint density at radius 2 is 2.44 bits per heavy atom. The third-order valence-corrected chi connectivity index (χ3v) is 3.32. The van der Waals surface area contributed by atoms with Gasteiger partial charge in [-0.15, -0.1) is 0 Å². The van der Waals surface area contributed by atoms with Gasteiger partial charge in [-0.1, -0.05) is 5.16 Å². The normalized spacial score (nSPS) is 24.3. The third-order valence-electron chi connectivity index (χ3n) is 3.32. The van der Waals surface area contributed by atoms with E-state index in [-0.39, 0.29) is 5.92 Å². The zero-order chi connectivity index (χ0) is 12.4. The molecule has 0 radical (unpaired) electrons. The Labute approximate surface area is 105 Å². The van der Waals surface area contributed by atoms with Crippen molar-refractivity contribution in [2.24, 2.45) is 0 Å². The summed E-state index contributed by atoms with van der Waals surface area (Å²) in [5.41, 5.74) is 0.864. The van der Waals surface area contributed by atoms with E-state index in [4.69, 9.17) is 9.26 Å². The van der Waals surface area contributed by atoms with E-state index in [1.54, 1.807) is 0 Å². The highest BCUT2D eigenvalue weighted by molar-refractivity contribution is 5.47. The summed E-state index contributed by atoms with van der Waals surface area (Å²) in [6, 6.07) is 4.16. The second-order valence-corrected chi connectivity index (χ2v) is 4.41. The molecule has 1 fully saturated rings. The van der Waals surface area contributed by atoms with Crippen LogP contribution in [0.5, 0.6) is 0 Å². The molecule has 0 aromatic carbocycles. The first kappa shape index (κ1) is 11.4. The van der Waals surface area contributed by atoms with Crippen molar-refractivity contribution in [2.75, 3.05) is 20.3 Å². The highest BCUT2D eigenvalue weighted by atomic mass is 16.5. The van der Waals surface area contributed by atoms with Gasteiger partial charge in [-0.3, -0.25) is 0 Å². The Morgan fingerprint density at radius 3 is 3.22 bits per heavy atom. The van der Waals surface area contributed by atoms with Gasteiger partial charge in [-0.2, -0.15) is 4.98 Å². The highest BCUT2D eigenvalue weighted by Crippen LogP contribution is 2.26. The molecule has 2 unspecified atom stereocenters. The van der Waals surface area contributed by atoms with Crippen LogP contribution in [-0.4, -0.2) is 41.4 Å². The lowest BCUT2D eigenvalue weighted by Crippen LogP contribution is -2.39. The molecule has 3 rings (SSSR count). The quantitative estimate of drug-likeness (QED) is 0.852. The molecule has 0 amide bonds. The fourth-order valence-electron chi connectivity index (χ4n) is 2.29. The smallest absolute Gasteiger partial charge is 0.234 e. The fourth-order valence-corrected chi connectivity index (χ4v) is 2.29. The molecule has 0 spiro atoms. The van der Waals surface area contributed by atoms with Crippen LogP contribution in [0.4, 0.5) is 0 Å². The van der Waals surface area contributed by atoms with Crippen molar-refractivity contribution >= 4 is 0 Å². The minimum Gasteiger partial charge on any atom is -0.381 e. The summed E-state index contributed by atoms with van der Waals surface area (Å²) in [5.74, 6) is 1.36. The van der Waals surface area contributed by atoms with Crippen molar-refractivity contribution in [3.63, 3.8) is 0 Å². The maximum Gasteiger partial charge on any atom is 0.234 e. The van der Waals surface area contributed by atoms with Crippen LogP contribution in [0, 0.1) is 0 Å². The lowest BCUT2D eigenvalue weighted by atomic mass is 9.96. The summed E-state index contributed by atoms with van der Waals surface area (Å²) in [7, 11) is 1.95. The van der Waals surface area contributed by atoms with Gasteiger partial charge in [0.2, 0.25) is 11.7 Å². The van der Waals surface area contributed by atoms with Crippen molar-refractivity contribution in [1.29, 1.82) is 0 Å². The van der Waals surface area contributed by atoms with Crippen LogP contribution in [-0.2, 0) is 4.74 Å². The Morgan fingerprint density at radius 1 is 1.50 bits per heavy atom. The average Bonchev–Trinajstić information content (AvgIpc) is 3.09. The zero-order valence-corrected chi connectivity index (χ0v) is 10.2. The Hall–Kier alpha value is -1.66.